The van der Waals surface area contributed by atoms with Gasteiger partial charge in [-0.3, -0.25) is 14.0 Å². The first-order valence-corrected chi connectivity index (χ1v) is 8.86. The lowest BCUT2D eigenvalue weighted by Gasteiger charge is -2.10. The second-order valence-electron chi connectivity index (χ2n) is 6.32. The van der Waals surface area contributed by atoms with Crippen LogP contribution in [0.3, 0.4) is 0 Å². The minimum Gasteiger partial charge on any atom is -0.493 e. The largest absolute Gasteiger partial charge is 0.493 e. The van der Waals surface area contributed by atoms with Crippen LogP contribution in [0.2, 0.25) is 0 Å². The molecule has 0 aliphatic rings. The Balaban J connectivity index is 1.61. The number of nitrogens with zero attached hydrogens (tertiary/aromatic N) is 2. The molecule has 3 aromatic rings. The average molecular weight is 382 g/mol. The Hall–Kier alpha value is -3.35. The van der Waals surface area contributed by atoms with Crippen LogP contribution < -0.4 is 15.0 Å². The van der Waals surface area contributed by atoms with Gasteiger partial charge in [0.05, 0.1) is 19.9 Å². The molecule has 3 rings (SSSR count). The predicted octanol–water partition coefficient (Wildman–Crippen LogP) is 2.70. The number of aromatic nitrogens is 2. The van der Waals surface area contributed by atoms with Crippen molar-refractivity contribution in [1.82, 2.24) is 9.38 Å². The first kappa shape index (κ1) is 19.4. The lowest BCUT2D eigenvalue weighted by Crippen LogP contribution is -2.17. The molecule has 1 aromatic carbocycles. The van der Waals surface area contributed by atoms with E-state index in [0.717, 1.165) is 11.1 Å². The van der Waals surface area contributed by atoms with Crippen LogP contribution in [0.15, 0.2) is 47.4 Å². The number of aryl methyl sites for hydroxylation is 2. The van der Waals surface area contributed by atoms with E-state index in [1.54, 1.807) is 32.5 Å². The molecule has 0 fully saturated rings. The summed E-state index contributed by atoms with van der Waals surface area (Å²) in [5, 5.41) is 0. The van der Waals surface area contributed by atoms with Gasteiger partial charge in [-0.05, 0) is 42.7 Å². The Morgan fingerprint density at radius 2 is 1.89 bits per heavy atom. The summed E-state index contributed by atoms with van der Waals surface area (Å²) in [5.41, 5.74) is 2.60. The number of rotatable bonds is 7. The minimum atomic E-state index is -0.360. The van der Waals surface area contributed by atoms with Crippen molar-refractivity contribution in [2.24, 2.45) is 0 Å². The van der Waals surface area contributed by atoms with E-state index in [1.807, 2.05) is 25.1 Å². The van der Waals surface area contributed by atoms with E-state index >= 15 is 0 Å². The first-order valence-electron chi connectivity index (χ1n) is 8.86. The Kier molecular flexibility index (Phi) is 5.93. The summed E-state index contributed by atoms with van der Waals surface area (Å²) in [6.45, 7) is 1.84. The SMILES string of the molecule is COc1ccc(CCC(=O)OCc2cc(=O)n3cccc(C)c3n2)cc1OC. The van der Waals surface area contributed by atoms with Gasteiger partial charge in [0.1, 0.15) is 12.3 Å². The van der Waals surface area contributed by atoms with Gasteiger partial charge in [-0.15, -0.1) is 0 Å². The summed E-state index contributed by atoms with van der Waals surface area (Å²) in [7, 11) is 3.14. The summed E-state index contributed by atoms with van der Waals surface area (Å²) < 4.78 is 17.2. The molecular formula is C21H22N2O5. The third-order valence-electron chi connectivity index (χ3n) is 4.39. The van der Waals surface area contributed by atoms with Crippen LogP contribution in [0.1, 0.15) is 23.2 Å². The van der Waals surface area contributed by atoms with Gasteiger partial charge in [0.2, 0.25) is 0 Å². The molecule has 28 heavy (non-hydrogen) atoms. The highest BCUT2D eigenvalue weighted by Gasteiger charge is 2.10. The number of pyridine rings is 1. The molecule has 0 spiro atoms. The van der Waals surface area contributed by atoms with Crippen LogP contribution in [-0.4, -0.2) is 29.6 Å². The number of carbonyl (C=O) groups excluding carboxylic acids is 1. The smallest absolute Gasteiger partial charge is 0.306 e. The van der Waals surface area contributed by atoms with Gasteiger partial charge in [-0.25, -0.2) is 4.98 Å². The Bertz CT molecular complexity index is 1060. The Morgan fingerprint density at radius 3 is 2.64 bits per heavy atom. The molecule has 0 amide bonds. The molecule has 0 bridgehead atoms. The van der Waals surface area contributed by atoms with Gasteiger partial charge in [-0.1, -0.05) is 12.1 Å². The molecule has 0 radical (unpaired) electrons. The maximum atomic E-state index is 12.2. The molecule has 7 nitrogen and oxygen atoms in total. The van der Waals surface area contributed by atoms with Crippen molar-refractivity contribution in [2.75, 3.05) is 14.2 Å². The molecule has 0 saturated carbocycles. The first-order chi connectivity index (χ1) is 13.5. The number of hydrogen-bond acceptors (Lipinski definition) is 6. The fourth-order valence-corrected chi connectivity index (χ4v) is 2.89. The van der Waals surface area contributed by atoms with E-state index in [-0.39, 0.29) is 24.6 Å². The van der Waals surface area contributed by atoms with Crippen molar-refractivity contribution in [3.8, 4) is 11.5 Å². The number of carbonyl (C=O) groups is 1. The molecule has 7 heteroatoms. The van der Waals surface area contributed by atoms with Crippen LogP contribution in [0.5, 0.6) is 11.5 Å². The van der Waals surface area contributed by atoms with Crippen molar-refractivity contribution in [1.29, 1.82) is 0 Å². The maximum absolute atomic E-state index is 12.2. The van der Waals surface area contributed by atoms with Crippen molar-refractivity contribution < 1.29 is 19.0 Å². The van der Waals surface area contributed by atoms with Gasteiger partial charge in [0.15, 0.2) is 11.5 Å². The summed E-state index contributed by atoms with van der Waals surface area (Å²) in [5.74, 6) is 0.893. The van der Waals surface area contributed by atoms with Crippen LogP contribution in [0.4, 0.5) is 0 Å². The standard InChI is InChI=1S/C21H22N2O5/c1-14-5-4-10-23-19(24)12-16(22-21(14)23)13-28-20(25)9-7-15-6-8-17(26-2)18(11-15)27-3/h4-6,8,10-12H,7,9,13H2,1-3H3. The Morgan fingerprint density at radius 1 is 1.11 bits per heavy atom. The predicted molar refractivity (Wildman–Crippen MR) is 104 cm³/mol. The molecule has 0 aliphatic carbocycles. The van der Waals surface area contributed by atoms with E-state index in [2.05, 4.69) is 4.98 Å². The maximum Gasteiger partial charge on any atom is 0.306 e. The number of benzene rings is 1. The van der Waals surface area contributed by atoms with E-state index < -0.39 is 0 Å². The van der Waals surface area contributed by atoms with E-state index in [0.29, 0.717) is 29.3 Å². The topological polar surface area (TPSA) is 79.1 Å². The van der Waals surface area contributed by atoms with E-state index in [4.69, 9.17) is 14.2 Å². The third-order valence-corrected chi connectivity index (χ3v) is 4.39. The third kappa shape index (κ3) is 4.31. The van der Waals surface area contributed by atoms with E-state index in [9.17, 15) is 9.59 Å². The highest BCUT2D eigenvalue weighted by molar-refractivity contribution is 5.69. The lowest BCUT2D eigenvalue weighted by molar-refractivity contribution is -0.145. The molecule has 2 aromatic heterocycles. The molecule has 146 valence electrons. The van der Waals surface area contributed by atoms with E-state index in [1.165, 1.54) is 10.5 Å². The zero-order valence-electron chi connectivity index (χ0n) is 16.1. The van der Waals surface area contributed by atoms with Crippen LogP contribution in [0.25, 0.3) is 5.65 Å². The molecular weight excluding hydrogens is 360 g/mol. The van der Waals surface area contributed by atoms with Gasteiger partial charge in [-0.2, -0.15) is 0 Å². The summed E-state index contributed by atoms with van der Waals surface area (Å²) in [6.07, 6.45) is 2.38. The molecule has 0 aliphatic heterocycles. The highest BCUT2D eigenvalue weighted by atomic mass is 16.5. The number of fused-ring (bicyclic) bond motifs is 1. The summed E-state index contributed by atoms with van der Waals surface area (Å²) >= 11 is 0. The fraction of sp³-hybridized carbons (Fsp3) is 0.286. The minimum absolute atomic E-state index is 0.0369. The fourth-order valence-electron chi connectivity index (χ4n) is 2.89. The van der Waals surface area contributed by atoms with Crippen LogP contribution in [0, 0.1) is 6.92 Å². The van der Waals surface area contributed by atoms with Gasteiger partial charge < -0.3 is 14.2 Å². The zero-order valence-corrected chi connectivity index (χ0v) is 16.1. The summed E-state index contributed by atoms with van der Waals surface area (Å²) in [4.78, 5) is 28.7. The number of esters is 1. The van der Waals surface area contributed by atoms with Crippen molar-refractivity contribution in [3.63, 3.8) is 0 Å². The number of ether oxygens (including phenoxy) is 3. The average Bonchev–Trinajstić information content (AvgIpc) is 2.71. The van der Waals surface area contributed by atoms with Crippen LogP contribution >= 0.6 is 0 Å². The van der Waals surface area contributed by atoms with Crippen LogP contribution in [-0.2, 0) is 22.6 Å². The molecule has 0 atom stereocenters. The lowest BCUT2D eigenvalue weighted by atomic mass is 10.1. The summed E-state index contributed by atoms with van der Waals surface area (Å²) in [6, 6.07) is 10.6. The normalized spacial score (nSPS) is 10.7. The molecule has 0 saturated heterocycles. The molecule has 2 heterocycles. The molecule has 0 N–H and O–H groups in total. The van der Waals surface area contributed by atoms with Gasteiger partial charge in [0.25, 0.3) is 5.56 Å². The van der Waals surface area contributed by atoms with Crippen molar-refractivity contribution >= 4 is 11.6 Å². The second kappa shape index (κ2) is 8.56. The van der Waals surface area contributed by atoms with Gasteiger partial charge >= 0.3 is 5.97 Å². The Labute approximate surface area is 162 Å². The van der Waals surface area contributed by atoms with Crippen molar-refractivity contribution in [3.05, 3.63) is 69.8 Å². The monoisotopic (exact) mass is 382 g/mol. The van der Waals surface area contributed by atoms with Crippen molar-refractivity contribution in [2.45, 2.75) is 26.4 Å². The highest BCUT2D eigenvalue weighted by Crippen LogP contribution is 2.28. The van der Waals surface area contributed by atoms with Gasteiger partial charge in [0, 0.05) is 18.7 Å². The quantitative estimate of drug-likeness (QED) is 0.585. The number of methoxy groups -OCH3 is 2. The molecule has 0 unspecified atom stereocenters. The zero-order chi connectivity index (χ0) is 20.1. The second-order valence-corrected chi connectivity index (χ2v) is 6.32. The number of hydrogen-bond donors (Lipinski definition) is 0.